The highest BCUT2D eigenvalue weighted by Crippen LogP contribution is 2.34. The van der Waals surface area contributed by atoms with Crippen molar-refractivity contribution in [3.63, 3.8) is 0 Å². The van der Waals surface area contributed by atoms with E-state index in [0.717, 1.165) is 12.8 Å². The van der Waals surface area contributed by atoms with Gasteiger partial charge < -0.3 is 5.11 Å². The standard InChI is InChI=1S/C10H12N2O3/c13-9(14)7-3-1-4-8(7)12-6-2-5-11-10(12)15/h2,5-8H,1,3-4H2,(H,13,14). The molecule has 1 heterocycles. The largest absolute Gasteiger partial charge is 0.481 e. The molecule has 5 heteroatoms. The quantitative estimate of drug-likeness (QED) is 0.775. The van der Waals surface area contributed by atoms with Gasteiger partial charge in [0.1, 0.15) is 0 Å². The molecule has 1 aliphatic rings. The van der Waals surface area contributed by atoms with Crippen LogP contribution >= 0.6 is 0 Å². The van der Waals surface area contributed by atoms with Gasteiger partial charge in [-0.2, -0.15) is 0 Å². The van der Waals surface area contributed by atoms with E-state index in [0.29, 0.717) is 6.42 Å². The molecule has 1 aromatic rings. The minimum Gasteiger partial charge on any atom is -0.481 e. The van der Waals surface area contributed by atoms with Gasteiger partial charge in [0.15, 0.2) is 0 Å². The Morgan fingerprint density at radius 1 is 1.53 bits per heavy atom. The number of nitrogens with zero attached hydrogens (tertiary/aromatic N) is 2. The number of carboxylic acid groups (broad SMARTS) is 1. The highest BCUT2D eigenvalue weighted by Gasteiger charge is 2.34. The molecule has 1 saturated carbocycles. The summed E-state index contributed by atoms with van der Waals surface area (Å²) >= 11 is 0. The van der Waals surface area contributed by atoms with Crippen molar-refractivity contribution in [2.75, 3.05) is 0 Å². The van der Waals surface area contributed by atoms with Gasteiger partial charge in [0, 0.05) is 12.4 Å². The van der Waals surface area contributed by atoms with Crippen molar-refractivity contribution in [2.45, 2.75) is 25.3 Å². The molecule has 0 spiro atoms. The van der Waals surface area contributed by atoms with E-state index in [1.165, 1.54) is 10.8 Å². The predicted molar refractivity (Wildman–Crippen MR) is 52.5 cm³/mol. The summed E-state index contributed by atoms with van der Waals surface area (Å²) in [4.78, 5) is 26.0. The number of rotatable bonds is 2. The third kappa shape index (κ3) is 1.77. The molecule has 0 saturated heterocycles. The topological polar surface area (TPSA) is 72.2 Å². The molecule has 2 atom stereocenters. The summed E-state index contributed by atoms with van der Waals surface area (Å²) in [6.45, 7) is 0. The van der Waals surface area contributed by atoms with Gasteiger partial charge in [0.05, 0.1) is 12.0 Å². The second-order valence-electron chi connectivity index (χ2n) is 3.75. The maximum atomic E-state index is 11.4. The van der Waals surface area contributed by atoms with Crippen molar-refractivity contribution in [1.82, 2.24) is 9.55 Å². The van der Waals surface area contributed by atoms with E-state index < -0.39 is 11.9 Å². The Kier molecular flexibility index (Phi) is 2.53. The number of carbonyl (C=O) groups is 1. The van der Waals surface area contributed by atoms with Crippen LogP contribution in [0.3, 0.4) is 0 Å². The van der Waals surface area contributed by atoms with Crippen molar-refractivity contribution in [3.8, 4) is 0 Å². The fourth-order valence-corrected chi connectivity index (χ4v) is 2.18. The van der Waals surface area contributed by atoms with Crippen LogP contribution in [0.2, 0.25) is 0 Å². The van der Waals surface area contributed by atoms with E-state index in [-0.39, 0.29) is 11.7 Å². The maximum Gasteiger partial charge on any atom is 0.347 e. The minimum atomic E-state index is -0.826. The fourth-order valence-electron chi connectivity index (χ4n) is 2.18. The van der Waals surface area contributed by atoms with Crippen LogP contribution in [0.15, 0.2) is 23.3 Å². The van der Waals surface area contributed by atoms with Gasteiger partial charge in [-0.15, -0.1) is 0 Å². The van der Waals surface area contributed by atoms with Crippen LogP contribution in [-0.2, 0) is 4.79 Å². The number of hydrogen-bond acceptors (Lipinski definition) is 3. The Morgan fingerprint density at radius 2 is 2.33 bits per heavy atom. The van der Waals surface area contributed by atoms with E-state index in [4.69, 9.17) is 5.11 Å². The first kappa shape index (κ1) is 9.89. The molecule has 0 aromatic carbocycles. The summed E-state index contributed by atoms with van der Waals surface area (Å²) in [6, 6.07) is 1.42. The zero-order valence-electron chi connectivity index (χ0n) is 8.17. The smallest absolute Gasteiger partial charge is 0.347 e. The monoisotopic (exact) mass is 208 g/mol. The number of aliphatic carboxylic acids is 1. The number of hydrogen-bond donors (Lipinski definition) is 1. The van der Waals surface area contributed by atoms with Crippen molar-refractivity contribution < 1.29 is 9.90 Å². The molecule has 2 unspecified atom stereocenters. The van der Waals surface area contributed by atoms with Crippen LogP contribution in [0.25, 0.3) is 0 Å². The second-order valence-corrected chi connectivity index (χ2v) is 3.75. The Morgan fingerprint density at radius 3 is 3.00 bits per heavy atom. The summed E-state index contributed by atoms with van der Waals surface area (Å²) in [5, 5.41) is 9.00. The lowest BCUT2D eigenvalue weighted by Crippen LogP contribution is -2.30. The highest BCUT2D eigenvalue weighted by molar-refractivity contribution is 5.71. The third-order valence-corrected chi connectivity index (χ3v) is 2.89. The Balaban J connectivity index is 2.35. The summed E-state index contributed by atoms with van der Waals surface area (Å²) in [5.41, 5.74) is -0.365. The molecule has 2 rings (SSSR count). The lowest BCUT2D eigenvalue weighted by atomic mass is 10.0. The van der Waals surface area contributed by atoms with Gasteiger partial charge in [-0.05, 0) is 18.9 Å². The van der Waals surface area contributed by atoms with Crippen LogP contribution in [0.5, 0.6) is 0 Å². The normalized spacial score (nSPS) is 25.3. The van der Waals surface area contributed by atoms with Crippen LogP contribution in [0.4, 0.5) is 0 Å². The highest BCUT2D eigenvalue weighted by atomic mass is 16.4. The van der Waals surface area contributed by atoms with Crippen molar-refractivity contribution >= 4 is 5.97 Å². The van der Waals surface area contributed by atoms with Crippen LogP contribution in [0.1, 0.15) is 25.3 Å². The molecule has 0 radical (unpaired) electrons. The summed E-state index contributed by atoms with van der Waals surface area (Å²) in [5.74, 6) is -1.28. The average Bonchev–Trinajstić information content (AvgIpc) is 2.67. The van der Waals surface area contributed by atoms with Gasteiger partial charge in [-0.25, -0.2) is 9.78 Å². The number of aromatic nitrogens is 2. The van der Waals surface area contributed by atoms with Crippen LogP contribution < -0.4 is 5.69 Å². The first-order valence-electron chi connectivity index (χ1n) is 4.96. The van der Waals surface area contributed by atoms with Crippen LogP contribution in [0, 0.1) is 5.92 Å². The van der Waals surface area contributed by atoms with E-state index >= 15 is 0 Å². The zero-order chi connectivity index (χ0) is 10.8. The Bertz CT molecular complexity index is 427. The molecule has 5 nitrogen and oxygen atoms in total. The van der Waals surface area contributed by atoms with Crippen molar-refractivity contribution in [2.24, 2.45) is 5.92 Å². The van der Waals surface area contributed by atoms with Gasteiger partial charge >= 0.3 is 11.7 Å². The summed E-state index contributed by atoms with van der Waals surface area (Å²) in [7, 11) is 0. The molecule has 1 aliphatic carbocycles. The Labute approximate surface area is 86.4 Å². The first-order valence-corrected chi connectivity index (χ1v) is 4.96. The van der Waals surface area contributed by atoms with Crippen LogP contribution in [-0.4, -0.2) is 20.6 Å². The van der Waals surface area contributed by atoms with Gasteiger partial charge in [-0.3, -0.25) is 9.36 Å². The maximum absolute atomic E-state index is 11.4. The third-order valence-electron chi connectivity index (χ3n) is 2.89. The lowest BCUT2D eigenvalue weighted by molar-refractivity contribution is -0.142. The molecular weight excluding hydrogens is 196 g/mol. The first-order chi connectivity index (χ1) is 7.20. The zero-order valence-corrected chi connectivity index (χ0v) is 8.17. The molecule has 0 bridgehead atoms. The van der Waals surface area contributed by atoms with Gasteiger partial charge in [0.2, 0.25) is 0 Å². The van der Waals surface area contributed by atoms with E-state index in [2.05, 4.69) is 4.98 Å². The van der Waals surface area contributed by atoms with E-state index in [1.54, 1.807) is 12.3 Å². The molecule has 1 N–H and O–H groups in total. The average molecular weight is 208 g/mol. The Hall–Kier alpha value is -1.65. The van der Waals surface area contributed by atoms with Gasteiger partial charge in [0.25, 0.3) is 0 Å². The summed E-state index contributed by atoms with van der Waals surface area (Å²) in [6.07, 6.45) is 5.26. The fraction of sp³-hybridized carbons (Fsp3) is 0.500. The summed E-state index contributed by atoms with van der Waals surface area (Å²) < 4.78 is 1.44. The second kappa shape index (κ2) is 3.84. The molecule has 0 aliphatic heterocycles. The minimum absolute atomic E-state index is 0.233. The van der Waals surface area contributed by atoms with Gasteiger partial charge in [-0.1, -0.05) is 6.42 Å². The molecule has 1 fully saturated rings. The number of carboxylic acids is 1. The van der Waals surface area contributed by atoms with E-state index in [1.807, 2.05) is 0 Å². The van der Waals surface area contributed by atoms with Crippen molar-refractivity contribution in [1.29, 1.82) is 0 Å². The van der Waals surface area contributed by atoms with Crippen molar-refractivity contribution in [3.05, 3.63) is 28.9 Å². The predicted octanol–water partition coefficient (Wildman–Crippen LogP) is 0.669. The molecule has 0 amide bonds. The van der Waals surface area contributed by atoms with E-state index in [9.17, 15) is 9.59 Å². The molecule has 1 aromatic heterocycles. The molecular formula is C10H12N2O3. The molecule has 15 heavy (non-hydrogen) atoms. The molecule has 80 valence electrons. The lowest BCUT2D eigenvalue weighted by Gasteiger charge is -2.17. The SMILES string of the molecule is O=C(O)C1CCCC1n1cccnc1=O.